The van der Waals surface area contributed by atoms with Crippen LogP contribution in [0.1, 0.15) is 24.2 Å². The van der Waals surface area contributed by atoms with Crippen LogP contribution in [0.25, 0.3) is 0 Å². The molecule has 0 heterocycles. The van der Waals surface area contributed by atoms with Gasteiger partial charge in [0.15, 0.2) is 0 Å². The number of anilines is 2. The first-order valence-electron chi connectivity index (χ1n) is 7.36. The zero-order chi connectivity index (χ0) is 16.8. The number of ether oxygens (including phenoxy) is 1. The third-order valence-corrected chi connectivity index (χ3v) is 3.27. The summed E-state index contributed by atoms with van der Waals surface area (Å²) in [6.07, 6.45) is 0. The highest BCUT2D eigenvalue weighted by atomic mass is 16.5. The van der Waals surface area contributed by atoms with Gasteiger partial charge in [-0.15, -0.1) is 0 Å². The fourth-order valence-electron chi connectivity index (χ4n) is 1.89. The van der Waals surface area contributed by atoms with Crippen molar-refractivity contribution in [3.8, 4) is 5.75 Å². The Bertz CT molecular complexity index is 694. The van der Waals surface area contributed by atoms with E-state index in [1.165, 1.54) is 0 Å². The summed E-state index contributed by atoms with van der Waals surface area (Å²) >= 11 is 0. The number of hydrogen-bond donors (Lipinski definition) is 2. The minimum atomic E-state index is -0.220. The molecule has 2 aromatic rings. The second kappa shape index (κ2) is 7.45. The first-order valence-corrected chi connectivity index (χ1v) is 7.36. The summed E-state index contributed by atoms with van der Waals surface area (Å²) in [6.45, 7) is 3.66. The number of carbonyl (C=O) groups is 2. The van der Waals surface area contributed by atoms with E-state index in [1.54, 1.807) is 55.6 Å². The number of nitrogens with one attached hydrogen (secondary N) is 2. The molecule has 2 aromatic carbocycles. The Kier molecular flexibility index (Phi) is 5.36. The number of benzene rings is 2. The van der Waals surface area contributed by atoms with Crippen LogP contribution in [-0.4, -0.2) is 18.9 Å². The molecule has 0 aliphatic carbocycles. The lowest BCUT2D eigenvalue weighted by Crippen LogP contribution is -2.17. The van der Waals surface area contributed by atoms with E-state index in [2.05, 4.69) is 10.6 Å². The summed E-state index contributed by atoms with van der Waals surface area (Å²) in [7, 11) is 1.56. The monoisotopic (exact) mass is 312 g/mol. The lowest BCUT2D eigenvalue weighted by Gasteiger charge is -2.10. The lowest BCUT2D eigenvalue weighted by molar-refractivity contribution is -0.118. The van der Waals surface area contributed by atoms with Crippen LogP contribution in [0.5, 0.6) is 5.75 Å². The summed E-state index contributed by atoms with van der Waals surface area (Å²) in [5.74, 6) is 0.285. The van der Waals surface area contributed by atoms with E-state index < -0.39 is 0 Å². The third-order valence-electron chi connectivity index (χ3n) is 3.27. The van der Waals surface area contributed by atoms with E-state index in [1.807, 2.05) is 13.8 Å². The van der Waals surface area contributed by atoms with Crippen LogP contribution in [0.4, 0.5) is 11.4 Å². The van der Waals surface area contributed by atoms with Crippen LogP contribution in [0.2, 0.25) is 0 Å². The van der Waals surface area contributed by atoms with E-state index in [4.69, 9.17) is 4.74 Å². The van der Waals surface area contributed by atoms with Crippen LogP contribution >= 0.6 is 0 Å². The highest BCUT2D eigenvalue weighted by Gasteiger charge is 2.09. The average molecular weight is 312 g/mol. The van der Waals surface area contributed by atoms with E-state index in [0.29, 0.717) is 22.7 Å². The molecule has 0 atom stereocenters. The predicted molar refractivity (Wildman–Crippen MR) is 90.9 cm³/mol. The molecule has 5 heteroatoms. The second-order valence-electron chi connectivity index (χ2n) is 5.41. The Morgan fingerprint density at radius 3 is 2.13 bits per heavy atom. The molecular formula is C18H20N2O3. The molecule has 2 amide bonds. The fourth-order valence-corrected chi connectivity index (χ4v) is 1.89. The van der Waals surface area contributed by atoms with Gasteiger partial charge < -0.3 is 15.4 Å². The number of methoxy groups -OCH3 is 1. The molecule has 0 saturated carbocycles. The molecule has 0 unspecified atom stereocenters. The van der Waals surface area contributed by atoms with Gasteiger partial charge in [-0.3, -0.25) is 9.59 Å². The lowest BCUT2D eigenvalue weighted by atomic mass is 10.2. The molecule has 0 radical (unpaired) electrons. The van der Waals surface area contributed by atoms with Crippen LogP contribution < -0.4 is 15.4 Å². The fraction of sp³-hybridized carbons (Fsp3) is 0.222. The normalized spacial score (nSPS) is 10.3. The van der Waals surface area contributed by atoms with Crippen LogP contribution in [0.3, 0.4) is 0 Å². The summed E-state index contributed by atoms with van der Waals surface area (Å²) < 4.78 is 5.11. The summed E-state index contributed by atoms with van der Waals surface area (Å²) in [5, 5.41) is 5.61. The molecule has 120 valence electrons. The van der Waals surface area contributed by atoms with Gasteiger partial charge in [0.05, 0.1) is 7.11 Å². The van der Waals surface area contributed by atoms with Crippen molar-refractivity contribution in [3.05, 3.63) is 54.1 Å². The first kappa shape index (κ1) is 16.5. The van der Waals surface area contributed by atoms with Gasteiger partial charge in [-0.1, -0.05) is 19.9 Å². The van der Waals surface area contributed by atoms with Gasteiger partial charge in [-0.25, -0.2) is 0 Å². The highest BCUT2D eigenvalue weighted by molar-refractivity contribution is 6.04. The SMILES string of the molecule is COc1cccc(C(=O)Nc2ccc(NC(=O)C(C)C)cc2)c1. The minimum Gasteiger partial charge on any atom is -0.497 e. The van der Waals surface area contributed by atoms with Crippen LogP contribution in [-0.2, 0) is 4.79 Å². The molecule has 0 bridgehead atoms. The van der Waals surface area contributed by atoms with Gasteiger partial charge in [-0.05, 0) is 42.5 Å². The van der Waals surface area contributed by atoms with Gasteiger partial charge in [0, 0.05) is 22.9 Å². The van der Waals surface area contributed by atoms with Crippen molar-refractivity contribution in [2.45, 2.75) is 13.8 Å². The topological polar surface area (TPSA) is 67.4 Å². The van der Waals surface area contributed by atoms with Crippen LogP contribution in [0, 0.1) is 5.92 Å². The number of rotatable bonds is 5. The predicted octanol–water partition coefficient (Wildman–Crippen LogP) is 3.54. The Labute approximate surface area is 135 Å². The second-order valence-corrected chi connectivity index (χ2v) is 5.41. The summed E-state index contributed by atoms with van der Waals surface area (Å²) in [4.78, 5) is 23.8. The number of carbonyl (C=O) groups excluding carboxylic acids is 2. The molecule has 0 saturated heterocycles. The molecule has 0 aliphatic rings. The van der Waals surface area contributed by atoms with Crippen LogP contribution in [0.15, 0.2) is 48.5 Å². The Balaban J connectivity index is 2.02. The molecular weight excluding hydrogens is 292 g/mol. The van der Waals surface area contributed by atoms with Gasteiger partial charge >= 0.3 is 0 Å². The molecule has 2 N–H and O–H groups in total. The van der Waals surface area contributed by atoms with Gasteiger partial charge in [-0.2, -0.15) is 0 Å². The van der Waals surface area contributed by atoms with Crippen molar-refractivity contribution < 1.29 is 14.3 Å². The Morgan fingerprint density at radius 1 is 0.957 bits per heavy atom. The molecule has 0 spiro atoms. The summed E-state index contributed by atoms with van der Waals surface area (Å²) in [5.41, 5.74) is 1.87. The average Bonchev–Trinajstić information content (AvgIpc) is 2.56. The largest absolute Gasteiger partial charge is 0.497 e. The molecule has 23 heavy (non-hydrogen) atoms. The zero-order valence-corrected chi connectivity index (χ0v) is 13.4. The molecule has 0 fully saturated rings. The zero-order valence-electron chi connectivity index (χ0n) is 13.4. The Morgan fingerprint density at radius 2 is 1.57 bits per heavy atom. The van der Waals surface area contributed by atoms with E-state index in [9.17, 15) is 9.59 Å². The van der Waals surface area contributed by atoms with Crippen molar-refractivity contribution in [3.63, 3.8) is 0 Å². The quantitative estimate of drug-likeness (QED) is 0.887. The van der Waals surface area contributed by atoms with Crippen molar-refractivity contribution in [1.29, 1.82) is 0 Å². The van der Waals surface area contributed by atoms with Crippen molar-refractivity contribution in [2.75, 3.05) is 17.7 Å². The van der Waals surface area contributed by atoms with Crippen molar-refractivity contribution in [2.24, 2.45) is 5.92 Å². The van der Waals surface area contributed by atoms with E-state index >= 15 is 0 Å². The standard InChI is InChI=1S/C18H20N2O3/c1-12(2)17(21)19-14-7-9-15(10-8-14)20-18(22)13-5-4-6-16(11-13)23-3/h4-12H,1-3H3,(H,19,21)(H,20,22). The van der Waals surface area contributed by atoms with E-state index in [-0.39, 0.29) is 17.7 Å². The maximum atomic E-state index is 12.2. The highest BCUT2D eigenvalue weighted by Crippen LogP contribution is 2.17. The van der Waals surface area contributed by atoms with Crippen molar-refractivity contribution in [1.82, 2.24) is 0 Å². The summed E-state index contributed by atoms with van der Waals surface area (Å²) in [6, 6.07) is 13.9. The molecule has 0 aromatic heterocycles. The Hall–Kier alpha value is -2.82. The number of amides is 2. The molecule has 2 rings (SSSR count). The maximum absolute atomic E-state index is 12.2. The minimum absolute atomic E-state index is 0.0434. The van der Waals surface area contributed by atoms with E-state index in [0.717, 1.165) is 0 Å². The molecule has 5 nitrogen and oxygen atoms in total. The first-order chi connectivity index (χ1) is 11.0. The smallest absolute Gasteiger partial charge is 0.255 e. The number of hydrogen-bond acceptors (Lipinski definition) is 3. The molecule has 0 aliphatic heterocycles. The third kappa shape index (κ3) is 4.57. The van der Waals surface area contributed by atoms with Crippen molar-refractivity contribution >= 4 is 23.2 Å². The van der Waals surface area contributed by atoms with Gasteiger partial charge in [0.2, 0.25) is 5.91 Å². The maximum Gasteiger partial charge on any atom is 0.255 e. The van der Waals surface area contributed by atoms with Gasteiger partial charge in [0.1, 0.15) is 5.75 Å². The van der Waals surface area contributed by atoms with Gasteiger partial charge in [0.25, 0.3) is 5.91 Å².